The Morgan fingerprint density at radius 1 is 1.41 bits per heavy atom. The van der Waals surface area contributed by atoms with Crippen LogP contribution in [0.25, 0.3) is 0 Å². The van der Waals surface area contributed by atoms with Crippen molar-refractivity contribution in [3.63, 3.8) is 0 Å². The van der Waals surface area contributed by atoms with Gasteiger partial charge in [-0.15, -0.1) is 11.3 Å². The second-order valence-corrected chi connectivity index (χ2v) is 4.60. The predicted molar refractivity (Wildman–Crippen MR) is 66.8 cm³/mol. The van der Waals surface area contributed by atoms with Crippen molar-refractivity contribution in [1.82, 2.24) is 0 Å². The average molecular weight is 248 g/mol. The first-order chi connectivity index (χ1) is 8.16. The highest BCUT2D eigenvalue weighted by Crippen LogP contribution is 2.20. The van der Waals surface area contributed by atoms with E-state index in [2.05, 4.69) is 0 Å². The number of aryl methyl sites for hydroxylation is 1. The molecule has 0 bridgehead atoms. The zero-order valence-electron chi connectivity index (χ0n) is 9.34. The van der Waals surface area contributed by atoms with Crippen LogP contribution < -0.4 is 4.74 Å². The van der Waals surface area contributed by atoms with Crippen LogP contribution in [0.4, 0.5) is 0 Å². The molecule has 0 spiro atoms. The number of carbonyl (C=O) groups is 1. The van der Waals surface area contributed by atoms with E-state index in [0.717, 1.165) is 11.3 Å². The van der Waals surface area contributed by atoms with Crippen molar-refractivity contribution in [3.8, 4) is 5.75 Å². The Balaban J connectivity index is 2.07. The molecule has 3 nitrogen and oxygen atoms in total. The van der Waals surface area contributed by atoms with Crippen molar-refractivity contribution < 1.29 is 14.6 Å². The maximum Gasteiger partial charge on any atom is 0.346 e. The summed E-state index contributed by atoms with van der Waals surface area (Å²) in [7, 11) is 0. The number of hydrogen-bond donors (Lipinski definition) is 1. The van der Waals surface area contributed by atoms with Crippen molar-refractivity contribution in [2.45, 2.75) is 13.5 Å². The number of carboxylic acid groups (broad SMARTS) is 1. The molecule has 0 unspecified atom stereocenters. The lowest BCUT2D eigenvalue weighted by molar-refractivity contribution is 0.0699. The van der Waals surface area contributed by atoms with Crippen LogP contribution >= 0.6 is 11.3 Å². The van der Waals surface area contributed by atoms with Gasteiger partial charge in [0, 0.05) is 5.56 Å². The van der Waals surface area contributed by atoms with E-state index in [-0.39, 0.29) is 6.61 Å². The topological polar surface area (TPSA) is 46.5 Å². The molecule has 0 aliphatic heterocycles. The zero-order valence-corrected chi connectivity index (χ0v) is 10.2. The van der Waals surface area contributed by atoms with Crippen LogP contribution in [0.2, 0.25) is 0 Å². The molecule has 4 heteroatoms. The van der Waals surface area contributed by atoms with E-state index in [0.29, 0.717) is 10.4 Å². The van der Waals surface area contributed by atoms with Crippen LogP contribution in [0.15, 0.2) is 35.7 Å². The summed E-state index contributed by atoms with van der Waals surface area (Å²) < 4.78 is 5.57. The predicted octanol–water partition coefficient (Wildman–Crippen LogP) is 3.33. The van der Waals surface area contributed by atoms with E-state index in [4.69, 9.17) is 9.84 Å². The van der Waals surface area contributed by atoms with E-state index in [1.807, 2.05) is 31.2 Å². The van der Waals surface area contributed by atoms with Crippen LogP contribution in [0.1, 0.15) is 20.8 Å². The molecule has 1 N–H and O–H groups in total. The molecule has 0 saturated heterocycles. The molecule has 1 heterocycles. The lowest BCUT2D eigenvalue weighted by atomic mass is 10.2. The van der Waals surface area contributed by atoms with Crippen LogP contribution in [-0.4, -0.2) is 11.1 Å². The molecule has 0 atom stereocenters. The molecule has 2 rings (SSSR count). The van der Waals surface area contributed by atoms with Gasteiger partial charge in [0.25, 0.3) is 0 Å². The quantitative estimate of drug-likeness (QED) is 0.902. The Morgan fingerprint density at radius 2 is 2.24 bits per heavy atom. The summed E-state index contributed by atoms with van der Waals surface area (Å²) in [5.41, 5.74) is 1.83. The van der Waals surface area contributed by atoms with Gasteiger partial charge in [0.15, 0.2) is 0 Å². The maximum absolute atomic E-state index is 10.9. The highest BCUT2D eigenvalue weighted by molar-refractivity contribution is 7.12. The van der Waals surface area contributed by atoms with Gasteiger partial charge in [-0.05, 0) is 36.1 Å². The fourth-order valence-corrected chi connectivity index (χ4v) is 2.25. The van der Waals surface area contributed by atoms with Crippen molar-refractivity contribution in [1.29, 1.82) is 0 Å². The molecule has 1 aromatic heterocycles. The monoisotopic (exact) mass is 248 g/mol. The minimum Gasteiger partial charge on any atom is -0.489 e. The summed E-state index contributed by atoms with van der Waals surface area (Å²) in [6, 6.07) is 9.47. The Morgan fingerprint density at radius 3 is 2.94 bits per heavy atom. The van der Waals surface area contributed by atoms with Crippen molar-refractivity contribution in [2.75, 3.05) is 0 Å². The smallest absolute Gasteiger partial charge is 0.346 e. The maximum atomic E-state index is 10.9. The number of rotatable bonds is 4. The highest BCUT2D eigenvalue weighted by Gasteiger charge is 2.11. The molecule has 0 radical (unpaired) electrons. The van der Waals surface area contributed by atoms with Crippen molar-refractivity contribution >= 4 is 17.3 Å². The third-order valence-electron chi connectivity index (χ3n) is 2.32. The summed E-state index contributed by atoms with van der Waals surface area (Å²) in [6.07, 6.45) is 0. The van der Waals surface area contributed by atoms with E-state index >= 15 is 0 Å². The summed E-state index contributed by atoms with van der Waals surface area (Å²) in [4.78, 5) is 11.2. The van der Waals surface area contributed by atoms with Crippen LogP contribution in [-0.2, 0) is 6.61 Å². The Bertz CT molecular complexity index is 531. The summed E-state index contributed by atoms with van der Waals surface area (Å²) >= 11 is 1.22. The standard InChI is InChI=1S/C13H12O3S/c1-9-3-2-4-11(7-9)16-8-10-5-6-17-12(10)13(14)15/h2-7H,8H2,1H3,(H,14,15). The molecule has 0 saturated carbocycles. The Kier molecular flexibility index (Phi) is 3.44. The van der Waals surface area contributed by atoms with Crippen LogP contribution in [0.5, 0.6) is 5.75 Å². The van der Waals surface area contributed by atoms with Crippen molar-refractivity contribution in [3.05, 3.63) is 51.7 Å². The third kappa shape index (κ3) is 2.85. The first kappa shape index (κ1) is 11.7. The number of carboxylic acids is 1. The van der Waals surface area contributed by atoms with E-state index in [1.54, 1.807) is 11.4 Å². The van der Waals surface area contributed by atoms with Gasteiger partial charge < -0.3 is 9.84 Å². The third-order valence-corrected chi connectivity index (χ3v) is 3.27. The molecule has 0 aliphatic carbocycles. The number of ether oxygens (including phenoxy) is 1. The zero-order chi connectivity index (χ0) is 12.3. The molecule has 17 heavy (non-hydrogen) atoms. The molecule has 0 fully saturated rings. The van der Waals surface area contributed by atoms with Crippen LogP contribution in [0.3, 0.4) is 0 Å². The molecule has 0 aliphatic rings. The van der Waals surface area contributed by atoms with Gasteiger partial charge in [0.1, 0.15) is 17.2 Å². The molecular weight excluding hydrogens is 236 g/mol. The fourth-order valence-electron chi connectivity index (χ4n) is 1.50. The summed E-state index contributed by atoms with van der Waals surface area (Å²) in [5, 5.41) is 10.7. The van der Waals surface area contributed by atoms with Gasteiger partial charge in [-0.3, -0.25) is 0 Å². The van der Waals surface area contributed by atoms with Gasteiger partial charge in [-0.1, -0.05) is 12.1 Å². The SMILES string of the molecule is Cc1cccc(OCc2ccsc2C(=O)O)c1. The lowest BCUT2D eigenvalue weighted by Crippen LogP contribution is -2.01. The molecular formula is C13H12O3S. The molecule has 2 aromatic rings. The van der Waals surface area contributed by atoms with Gasteiger partial charge in [-0.25, -0.2) is 4.79 Å². The average Bonchev–Trinajstić information content (AvgIpc) is 2.74. The largest absolute Gasteiger partial charge is 0.489 e. The first-order valence-corrected chi connectivity index (χ1v) is 6.04. The van der Waals surface area contributed by atoms with E-state index in [9.17, 15) is 4.79 Å². The molecule has 88 valence electrons. The Labute approximate surface area is 103 Å². The number of hydrogen-bond acceptors (Lipinski definition) is 3. The molecule has 0 amide bonds. The van der Waals surface area contributed by atoms with E-state index < -0.39 is 5.97 Å². The van der Waals surface area contributed by atoms with Gasteiger partial charge in [0.05, 0.1) is 0 Å². The number of benzene rings is 1. The minimum absolute atomic E-state index is 0.286. The van der Waals surface area contributed by atoms with Crippen molar-refractivity contribution in [2.24, 2.45) is 0 Å². The number of aromatic carboxylic acids is 1. The first-order valence-electron chi connectivity index (χ1n) is 5.16. The Hall–Kier alpha value is -1.81. The van der Waals surface area contributed by atoms with Gasteiger partial charge in [-0.2, -0.15) is 0 Å². The number of thiophene rings is 1. The lowest BCUT2D eigenvalue weighted by Gasteiger charge is -2.06. The van der Waals surface area contributed by atoms with Crippen LogP contribution in [0, 0.1) is 6.92 Å². The normalized spacial score (nSPS) is 10.2. The second kappa shape index (κ2) is 5.01. The highest BCUT2D eigenvalue weighted by atomic mass is 32.1. The fraction of sp³-hybridized carbons (Fsp3) is 0.154. The minimum atomic E-state index is -0.900. The summed E-state index contributed by atoms with van der Waals surface area (Å²) in [6.45, 7) is 2.27. The molecule has 1 aromatic carbocycles. The second-order valence-electron chi connectivity index (χ2n) is 3.69. The van der Waals surface area contributed by atoms with E-state index in [1.165, 1.54) is 11.3 Å². The van der Waals surface area contributed by atoms with Gasteiger partial charge in [0.2, 0.25) is 0 Å². The summed E-state index contributed by atoms with van der Waals surface area (Å²) in [5.74, 6) is -0.143. The van der Waals surface area contributed by atoms with Gasteiger partial charge >= 0.3 is 5.97 Å².